The van der Waals surface area contributed by atoms with Crippen molar-refractivity contribution in [2.24, 2.45) is 0 Å². The average molecular weight is 415 g/mol. The molecule has 3 aromatic carbocycles. The standard InChI is InChI=1S/C26H25NO4/c1-15-9-11-19(12-10-15)21-16(2)20-14-27(13-18-7-5-4-6-8-18)25(29)22(20)17(3)23(21)24(28)26(30)31/h4-12,24,28H,13-14H2,1-3H3,(H,30,31). The number of aryl methyl sites for hydroxylation is 1. The number of aliphatic carboxylic acids is 1. The molecule has 5 heteroatoms. The topological polar surface area (TPSA) is 77.8 Å². The van der Waals surface area contributed by atoms with Crippen LogP contribution in [0.5, 0.6) is 0 Å². The van der Waals surface area contributed by atoms with E-state index in [2.05, 4.69) is 0 Å². The fourth-order valence-electron chi connectivity index (χ4n) is 4.49. The second kappa shape index (κ2) is 8.00. The molecule has 0 radical (unpaired) electrons. The van der Waals surface area contributed by atoms with Crippen LogP contribution < -0.4 is 0 Å². The highest BCUT2D eigenvalue weighted by Gasteiger charge is 2.36. The second-order valence-electron chi connectivity index (χ2n) is 8.15. The van der Waals surface area contributed by atoms with Gasteiger partial charge in [0.15, 0.2) is 6.10 Å². The zero-order valence-corrected chi connectivity index (χ0v) is 17.8. The van der Waals surface area contributed by atoms with Gasteiger partial charge in [0.25, 0.3) is 5.91 Å². The summed E-state index contributed by atoms with van der Waals surface area (Å²) in [6.07, 6.45) is -1.71. The molecule has 1 amide bonds. The highest BCUT2D eigenvalue weighted by atomic mass is 16.4. The van der Waals surface area contributed by atoms with E-state index in [1.165, 1.54) is 0 Å². The highest BCUT2D eigenvalue weighted by molar-refractivity contribution is 6.02. The Hall–Kier alpha value is -3.44. The van der Waals surface area contributed by atoms with E-state index in [0.717, 1.165) is 27.8 Å². The van der Waals surface area contributed by atoms with Crippen LogP contribution in [0, 0.1) is 20.8 Å². The monoisotopic (exact) mass is 415 g/mol. The Balaban J connectivity index is 1.89. The summed E-state index contributed by atoms with van der Waals surface area (Å²) in [5.74, 6) is -1.46. The first-order valence-electron chi connectivity index (χ1n) is 10.3. The van der Waals surface area contributed by atoms with Crippen molar-refractivity contribution in [3.05, 3.63) is 93.5 Å². The molecule has 0 aliphatic carbocycles. The van der Waals surface area contributed by atoms with Gasteiger partial charge >= 0.3 is 5.97 Å². The van der Waals surface area contributed by atoms with Gasteiger partial charge in [0.05, 0.1) is 0 Å². The lowest BCUT2D eigenvalue weighted by molar-refractivity contribution is -0.146. The maximum absolute atomic E-state index is 13.3. The van der Waals surface area contributed by atoms with Crippen molar-refractivity contribution < 1.29 is 19.8 Å². The Morgan fingerprint density at radius 3 is 2.23 bits per heavy atom. The molecule has 1 unspecified atom stereocenters. The molecule has 0 fully saturated rings. The summed E-state index contributed by atoms with van der Waals surface area (Å²) in [5.41, 5.74) is 6.72. The number of hydrogen-bond donors (Lipinski definition) is 2. The number of amides is 1. The van der Waals surface area contributed by atoms with Crippen LogP contribution in [-0.4, -0.2) is 27.0 Å². The number of fused-ring (bicyclic) bond motifs is 1. The van der Waals surface area contributed by atoms with Gasteiger partial charge in [0.2, 0.25) is 0 Å². The number of aliphatic hydroxyl groups excluding tert-OH is 1. The number of nitrogens with zero attached hydrogens (tertiary/aromatic N) is 1. The van der Waals surface area contributed by atoms with Crippen LogP contribution in [0.15, 0.2) is 54.6 Å². The number of rotatable bonds is 5. The summed E-state index contributed by atoms with van der Waals surface area (Å²) in [4.78, 5) is 26.8. The largest absolute Gasteiger partial charge is 0.479 e. The first kappa shape index (κ1) is 20.8. The molecule has 2 N–H and O–H groups in total. The Kier molecular flexibility index (Phi) is 5.38. The quantitative estimate of drug-likeness (QED) is 0.641. The molecular formula is C26H25NO4. The molecule has 3 aromatic rings. The number of carboxylic acid groups (broad SMARTS) is 1. The molecule has 31 heavy (non-hydrogen) atoms. The molecule has 0 saturated heterocycles. The number of aliphatic hydroxyl groups is 1. The first-order valence-corrected chi connectivity index (χ1v) is 10.3. The van der Waals surface area contributed by atoms with E-state index in [0.29, 0.717) is 35.3 Å². The third-order valence-electron chi connectivity index (χ3n) is 6.09. The van der Waals surface area contributed by atoms with E-state index < -0.39 is 12.1 Å². The molecule has 1 aliphatic rings. The lowest BCUT2D eigenvalue weighted by atomic mass is 9.83. The van der Waals surface area contributed by atoms with Crippen LogP contribution in [0.2, 0.25) is 0 Å². The minimum absolute atomic E-state index is 0.131. The van der Waals surface area contributed by atoms with Crippen LogP contribution in [0.4, 0.5) is 0 Å². The summed E-state index contributed by atoms with van der Waals surface area (Å²) in [6, 6.07) is 17.6. The molecule has 1 heterocycles. The van der Waals surface area contributed by atoms with Crippen LogP contribution in [0.25, 0.3) is 11.1 Å². The average Bonchev–Trinajstić information content (AvgIpc) is 3.08. The van der Waals surface area contributed by atoms with E-state index in [1.54, 1.807) is 11.8 Å². The molecule has 4 rings (SSSR count). The SMILES string of the molecule is Cc1ccc(-c2c(C)c3c(c(C)c2C(O)C(=O)O)C(=O)N(Cc2ccccc2)C3)cc1. The predicted octanol–water partition coefficient (Wildman–Crippen LogP) is 4.55. The lowest BCUT2D eigenvalue weighted by Gasteiger charge is -2.21. The number of hydrogen-bond acceptors (Lipinski definition) is 3. The van der Waals surface area contributed by atoms with Gasteiger partial charge in [0.1, 0.15) is 0 Å². The minimum atomic E-state index is -1.71. The van der Waals surface area contributed by atoms with Gasteiger partial charge < -0.3 is 15.1 Å². The van der Waals surface area contributed by atoms with Gasteiger partial charge in [-0.3, -0.25) is 4.79 Å². The molecule has 0 bridgehead atoms. The van der Waals surface area contributed by atoms with E-state index >= 15 is 0 Å². The van der Waals surface area contributed by atoms with Crippen molar-refractivity contribution in [2.45, 2.75) is 40.0 Å². The van der Waals surface area contributed by atoms with E-state index in [-0.39, 0.29) is 5.91 Å². The molecule has 0 aromatic heterocycles. The second-order valence-corrected chi connectivity index (χ2v) is 8.15. The van der Waals surface area contributed by atoms with Crippen molar-refractivity contribution >= 4 is 11.9 Å². The Morgan fingerprint density at radius 1 is 0.968 bits per heavy atom. The van der Waals surface area contributed by atoms with Crippen LogP contribution in [0.1, 0.15) is 49.8 Å². The zero-order chi connectivity index (χ0) is 22.3. The van der Waals surface area contributed by atoms with Crippen LogP contribution in [0.3, 0.4) is 0 Å². The molecule has 5 nitrogen and oxygen atoms in total. The van der Waals surface area contributed by atoms with Crippen LogP contribution >= 0.6 is 0 Å². The van der Waals surface area contributed by atoms with Crippen molar-refractivity contribution in [2.75, 3.05) is 0 Å². The molecule has 0 saturated carbocycles. The zero-order valence-electron chi connectivity index (χ0n) is 17.8. The van der Waals surface area contributed by atoms with Gasteiger partial charge in [-0.2, -0.15) is 0 Å². The van der Waals surface area contributed by atoms with Gasteiger partial charge in [-0.15, -0.1) is 0 Å². The summed E-state index contributed by atoms with van der Waals surface area (Å²) in [6.45, 7) is 6.56. The molecule has 0 spiro atoms. The molecule has 158 valence electrons. The number of benzene rings is 3. The number of carbonyl (C=O) groups is 2. The van der Waals surface area contributed by atoms with E-state index in [9.17, 15) is 19.8 Å². The number of carbonyl (C=O) groups excluding carboxylic acids is 1. The number of carboxylic acids is 1. The Bertz CT molecular complexity index is 1170. The first-order chi connectivity index (χ1) is 14.8. The normalized spacial score (nSPS) is 13.9. The van der Waals surface area contributed by atoms with Gasteiger partial charge in [-0.05, 0) is 54.2 Å². The summed E-state index contributed by atoms with van der Waals surface area (Å²) in [7, 11) is 0. The van der Waals surface area contributed by atoms with E-state index in [1.807, 2.05) is 68.4 Å². The van der Waals surface area contributed by atoms with Crippen molar-refractivity contribution in [3.63, 3.8) is 0 Å². The van der Waals surface area contributed by atoms with Crippen molar-refractivity contribution in [3.8, 4) is 11.1 Å². The minimum Gasteiger partial charge on any atom is -0.479 e. The van der Waals surface area contributed by atoms with Crippen molar-refractivity contribution in [1.82, 2.24) is 4.90 Å². The fraction of sp³-hybridized carbons (Fsp3) is 0.231. The fourth-order valence-corrected chi connectivity index (χ4v) is 4.49. The third-order valence-corrected chi connectivity index (χ3v) is 6.09. The Morgan fingerprint density at radius 2 is 1.61 bits per heavy atom. The smallest absolute Gasteiger partial charge is 0.337 e. The molecule has 1 aliphatic heterocycles. The lowest BCUT2D eigenvalue weighted by Crippen LogP contribution is -2.23. The van der Waals surface area contributed by atoms with Crippen molar-refractivity contribution in [1.29, 1.82) is 0 Å². The predicted molar refractivity (Wildman–Crippen MR) is 119 cm³/mol. The Labute approximate surface area is 181 Å². The molecule has 1 atom stereocenters. The van der Waals surface area contributed by atoms with E-state index in [4.69, 9.17) is 0 Å². The summed E-state index contributed by atoms with van der Waals surface area (Å²) < 4.78 is 0. The van der Waals surface area contributed by atoms with Gasteiger partial charge in [-0.25, -0.2) is 4.79 Å². The highest BCUT2D eigenvalue weighted by Crippen LogP contribution is 2.42. The third kappa shape index (κ3) is 3.62. The maximum atomic E-state index is 13.3. The van der Waals surface area contributed by atoms with Gasteiger partial charge in [0, 0.05) is 24.2 Å². The summed E-state index contributed by atoms with van der Waals surface area (Å²) in [5, 5.41) is 20.2. The van der Waals surface area contributed by atoms with Crippen LogP contribution in [-0.2, 0) is 17.9 Å². The maximum Gasteiger partial charge on any atom is 0.337 e. The summed E-state index contributed by atoms with van der Waals surface area (Å²) >= 11 is 0. The molecular weight excluding hydrogens is 390 g/mol. The van der Waals surface area contributed by atoms with Gasteiger partial charge in [-0.1, -0.05) is 60.2 Å².